The molecule has 0 aliphatic rings. The van der Waals surface area contributed by atoms with Crippen molar-refractivity contribution < 1.29 is 4.79 Å². The summed E-state index contributed by atoms with van der Waals surface area (Å²) >= 11 is 1.32. The number of hydrogen-bond acceptors (Lipinski definition) is 2. The third-order valence-corrected chi connectivity index (χ3v) is 3.86. The van der Waals surface area contributed by atoms with E-state index in [2.05, 4.69) is 45.9 Å². The highest BCUT2D eigenvalue weighted by Crippen LogP contribution is 2.35. The van der Waals surface area contributed by atoms with Crippen LogP contribution in [0.3, 0.4) is 0 Å². The first-order chi connectivity index (χ1) is 7.73. The van der Waals surface area contributed by atoms with Crippen molar-refractivity contribution in [3.05, 3.63) is 29.3 Å². The van der Waals surface area contributed by atoms with Gasteiger partial charge in [0.1, 0.15) is 0 Å². The van der Waals surface area contributed by atoms with Gasteiger partial charge >= 0.3 is 0 Å². The quantitative estimate of drug-likeness (QED) is 0.701. The summed E-state index contributed by atoms with van der Waals surface area (Å²) in [5.41, 5.74) is 2.45. The fourth-order valence-electron chi connectivity index (χ4n) is 1.56. The number of nitrogens with zero attached hydrogens (tertiary/aromatic N) is 1. The molecule has 2 nitrogen and oxygen atoms in total. The van der Waals surface area contributed by atoms with Gasteiger partial charge < -0.3 is 4.90 Å². The Labute approximate surface area is 108 Å². The van der Waals surface area contributed by atoms with Crippen LogP contribution in [0.4, 0.5) is 4.79 Å². The monoisotopic (exact) mass is 251 g/mol. The van der Waals surface area contributed by atoms with Gasteiger partial charge in [-0.05, 0) is 35.2 Å². The van der Waals surface area contributed by atoms with E-state index in [9.17, 15) is 4.79 Å². The molecule has 0 saturated heterocycles. The average Bonchev–Trinajstić information content (AvgIpc) is 2.18. The van der Waals surface area contributed by atoms with Gasteiger partial charge in [-0.15, -0.1) is 0 Å². The van der Waals surface area contributed by atoms with E-state index in [0.29, 0.717) is 0 Å². The van der Waals surface area contributed by atoms with Gasteiger partial charge in [0.2, 0.25) is 0 Å². The first-order valence-corrected chi connectivity index (χ1v) is 6.54. The molecule has 17 heavy (non-hydrogen) atoms. The third kappa shape index (κ3) is 3.50. The summed E-state index contributed by atoms with van der Waals surface area (Å²) in [6, 6.07) is 6.22. The predicted octanol–water partition coefficient (Wildman–Crippen LogP) is 4.07. The van der Waals surface area contributed by atoms with Crippen LogP contribution in [0, 0.1) is 6.92 Å². The molecule has 0 aromatic heterocycles. The van der Waals surface area contributed by atoms with Gasteiger partial charge in [-0.1, -0.05) is 39.0 Å². The molecule has 0 aliphatic heterocycles. The van der Waals surface area contributed by atoms with Crippen LogP contribution in [0.1, 0.15) is 31.9 Å². The summed E-state index contributed by atoms with van der Waals surface area (Å²) < 4.78 is 0. The Hall–Kier alpha value is -0.960. The molecule has 94 valence electrons. The number of rotatable bonds is 1. The summed E-state index contributed by atoms with van der Waals surface area (Å²) in [4.78, 5) is 14.5. The lowest BCUT2D eigenvalue weighted by molar-refractivity contribution is 0.241. The predicted molar refractivity (Wildman–Crippen MR) is 74.8 cm³/mol. The van der Waals surface area contributed by atoms with Crippen molar-refractivity contribution in [3.63, 3.8) is 0 Å². The Morgan fingerprint density at radius 1 is 1.24 bits per heavy atom. The summed E-state index contributed by atoms with van der Waals surface area (Å²) in [5.74, 6) is 0. The molecule has 0 radical (unpaired) electrons. The second-order valence-electron chi connectivity index (χ2n) is 5.46. The Balaban J connectivity index is 3.18. The normalized spacial score (nSPS) is 11.4. The largest absolute Gasteiger partial charge is 0.339 e. The molecule has 0 saturated carbocycles. The second kappa shape index (κ2) is 5.13. The number of hydrogen-bond donors (Lipinski definition) is 0. The topological polar surface area (TPSA) is 20.3 Å². The molecule has 0 unspecified atom stereocenters. The minimum Gasteiger partial charge on any atom is -0.339 e. The molecule has 0 bridgehead atoms. The standard InChI is InChI=1S/C14H21NOS/c1-10-8-7-9-11(14(2,3)4)12(10)17-13(16)15(5)6/h7-9H,1-6H3. The van der Waals surface area contributed by atoms with E-state index in [1.54, 1.807) is 19.0 Å². The van der Waals surface area contributed by atoms with Crippen LogP contribution >= 0.6 is 11.8 Å². The van der Waals surface area contributed by atoms with Gasteiger partial charge in [0.25, 0.3) is 5.24 Å². The van der Waals surface area contributed by atoms with Crippen molar-refractivity contribution in [3.8, 4) is 0 Å². The molecule has 0 spiro atoms. The maximum atomic E-state index is 11.8. The number of carbonyl (C=O) groups is 1. The highest BCUT2D eigenvalue weighted by Gasteiger charge is 2.21. The number of aryl methyl sites for hydroxylation is 1. The first-order valence-electron chi connectivity index (χ1n) is 5.72. The average molecular weight is 251 g/mol. The van der Waals surface area contributed by atoms with Gasteiger partial charge in [-0.25, -0.2) is 0 Å². The molecule has 1 aromatic carbocycles. The molecule has 3 heteroatoms. The Morgan fingerprint density at radius 2 is 1.82 bits per heavy atom. The van der Waals surface area contributed by atoms with Gasteiger partial charge in [0.15, 0.2) is 0 Å². The molecular weight excluding hydrogens is 230 g/mol. The fraction of sp³-hybridized carbons (Fsp3) is 0.500. The maximum absolute atomic E-state index is 11.8. The number of thioether (sulfide) groups is 1. The van der Waals surface area contributed by atoms with E-state index in [-0.39, 0.29) is 10.7 Å². The molecule has 1 aromatic rings. The highest BCUT2D eigenvalue weighted by molar-refractivity contribution is 8.13. The Morgan fingerprint density at radius 3 is 2.29 bits per heavy atom. The van der Waals surface area contributed by atoms with Crippen molar-refractivity contribution >= 4 is 17.0 Å². The Bertz CT molecular complexity index is 419. The van der Waals surface area contributed by atoms with Gasteiger partial charge in [-0.2, -0.15) is 0 Å². The van der Waals surface area contributed by atoms with Crippen molar-refractivity contribution in [2.24, 2.45) is 0 Å². The smallest absolute Gasteiger partial charge is 0.285 e. The lowest BCUT2D eigenvalue weighted by atomic mass is 9.86. The van der Waals surface area contributed by atoms with E-state index in [0.717, 1.165) is 10.5 Å². The van der Waals surface area contributed by atoms with E-state index in [1.165, 1.54) is 17.3 Å². The maximum Gasteiger partial charge on any atom is 0.285 e. The summed E-state index contributed by atoms with van der Waals surface area (Å²) in [6.45, 7) is 8.57. The molecule has 0 atom stereocenters. The number of benzene rings is 1. The van der Waals surface area contributed by atoms with Crippen LogP contribution in [0.15, 0.2) is 23.1 Å². The molecule has 1 amide bonds. The third-order valence-electron chi connectivity index (χ3n) is 2.57. The Kier molecular flexibility index (Phi) is 4.26. The van der Waals surface area contributed by atoms with E-state index >= 15 is 0 Å². The lowest BCUT2D eigenvalue weighted by Crippen LogP contribution is -2.18. The number of amides is 1. The zero-order valence-electron chi connectivity index (χ0n) is 11.5. The van der Waals surface area contributed by atoms with Crippen LogP contribution in [-0.4, -0.2) is 24.2 Å². The van der Waals surface area contributed by atoms with Crippen LogP contribution < -0.4 is 0 Å². The molecule has 1 rings (SSSR count). The fourth-order valence-corrected chi connectivity index (χ4v) is 2.63. The lowest BCUT2D eigenvalue weighted by Gasteiger charge is -2.24. The van der Waals surface area contributed by atoms with Crippen molar-refractivity contribution in [1.29, 1.82) is 0 Å². The summed E-state index contributed by atoms with van der Waals surface area (Å²) in [7, 11) is 3.56. The first kappa shape index (κ1) is 14.1. The SMILES string of the molecule is Cc1cccc(C(C)(C)C)c1SC(=O)N(C)C. The van der Waals surface area contributed by atoms with Crippen molar-refractivity contribution in [1.82, 2.24) is 4.90 Å². The minimum absolute atomic E-state index is 0.0565. The van der Waals surface area contributed by atoms with Crippen molar-refractivity contribution in [2.45, 2.75) is 38.0 Å². The second-order valence-corrected chi connectivity index (χ2v) is 6.43. The van der Waals surface area contributed by atoms with E-state index < -0.39 is 0 Å². The summed E-state index contributed by atoms with van der Waals surface area (Å²) in [5, 5.41) is 0.0739. The van der Waals surface area contributed by atoms with Crippen LogP contribution in [0.25, 0.3) is 0 Å². The van der Waals surface area contributed by atoms with E-state index in [4.69, 9.17) is 0 Å². The zero-order valence-corrected chi connectivity index (χ0v) is 12.3. The van der Waals surface area contributed by atoms with E-state index in [1.807, 2.05) is 0 Å². The molecule has 0 fully saturated rings. The van der Waals surface area contributed by atoms with Gasteiger partial charge in [-0.3, -0.25) is 4.79 Å². The molecule has 0 heterocycles. The van der Waals surface area contributed by atoms with Crippen LogP contribution in [0.2, 0.25) is 0 Å². The van der Waals surface area contributed by atoms with Crippen molar-refractivity contribution in [2.75, 3.05) is 14.1 Å². The number of carbonyl (C=O) groups excluding carboxylic acids is 1. The van der Waals surface area contributed by atoms with Gasteiger partial charge in [0.05, 0.1) is 0 Å². The molecule has 0 aliphatic carbocycles. The highest BCUT2D eigenvalue weighted by atomic mass is 32.2. The zero-order chi connectivity index (χ0) is 13.2. The van der Waals surface area contributed by atoms with Gasteiger partial charge in [0, 0.05) is 19.0 Å². The summed E-state index contributed by atoms with van der Waals surface area (Å²) in [6.07, 6.45) is 0. The van der Waals surface area contributed by atoms with Crippen LogP contribution in [-0.2, 0) is 5.41 Å². The van der Waals surface area contributed by atoms with Crippen LogP contribution in [0.5, 0.6) is 0 Å². The minimum atomic E-state index is 0.0565. The molecular formula is C14H21NOS. The molecule has 0 N–H and O–H groups in total.